The Bertz CT molecular complexity index is 1790. The summed E-state index contributed by atoms with van der Waals surface area (Å²) in [7, 11) is -0.0824. The quantitative estimate of drug-likeness (QED) is 0.207. The highest BCUT2D eigenvalue weighted by Crippen LogP contribution is 2.35. The lowest BCUT2D eigenvalue weighted by Crippen LogP contribution is -2.39. The fourth-order valence-corrected chi connectivity index (χ4v) is 5.67. The number of aromatic nitrogens is 2. The van der Waals surface area contributed by atoms with E-state index in [9.17, 15) is 23.7 Å². The Morgan fingerprint density at radius 3 is 2.30 bits per heavy atom. The van der Waals surface area contributed by atoms with Crippen LogP contribution in [0.25, 0.3) is 11.0 Å². The maximum atomic E-state index is 13.1. The van der Waals surface area contributed by atoms with Crippen molar-refractivity contribution in [3.05, 3.63) is 69.1 Å². The van der Waals surface area contributed by atoms with Crippen LogP contribution in [-0.4, -0.2) is 48.6 Å². The average molecular weight is 605 g/mol. The molecule has 2 heterocycles. The summed E-state index contributed by atoms with van der Waals surface area (Å²) in [5, 5.41) is 24.0. The maximum absolute atomic E-state index is 13.1. The zero-order valence-corrected chi connectivity index (χ0v) is 26.1. The van der Waals surface area contributed by atoms with Gasteiger partial charge in [0.25, 0.3) is 15.7 Å². The predicted octanol–water partition coefficient (Wildman–Crippen LogP) is 4.37. The summed E-state index contributed by atoms with van der Waals surface area (Å²) in [4.78, 5) is 25.4. The monoisotopic (exact) mass is 604 g/mol. The van der Waals surface area contributed by atoms with Gasteiger partial charge in [0.15, 0.2) is 0 Å². The van der Waals surface area contributed by atoms with Crippen molar-refractivity contribution in [3.63, 3.8) is 0 Å². The zero-order valence-electron chi connectivity index (χ0n) is 25.3. The van der Waals surface area contributed by atoms with Gasteiger partial charge in [0.2, 0.25) is 0 Å². The van der Waals surface area contributed by atoms with E-state index in [2.05, 4.69) is 22.3 Å². The second-order valence-corrected chi connectivity index (χ2v) is 13.5. The molecule has 1 fully saturated rings. The van der Waals surface area contributed by atoms with E-state index in [0.29, 0.717) is 16.7 Å². The molecule has 1 aliphatic carbocycles. The molecule has 0 bridgehead atoms. The standard InChI is InChI=1S/C31H36N6O5S/c1-31(2,3)42-35-27(21-9-7-20(8-10-21)19-41-43(6,39)40)22-11-14-24(15-12-22)36(4)29-25(18-33)30(38)37(5)26-16-13-23(17-32)34-28(26)29/h7-10,13,16,22,24H,11-12,14-15,19H2,1-6H3/b35-27+/t22-,24+. The van der Waals surface area contributed by atoms with Gasteiger partial charge in [-0.1, -0.05) is 29.4 Å². The Balaban J connectivity index is 1.61. The van der Waals surface area contributed by atoms with Crippen LogP contribution in [0.4, 0.5) is 5.69 Å². The number of hydrogen-bond donors (Lipinski definition) is 0. The molecule has 12 heteroatoms. The van der Waals surface area contributed by atoms with Crippen molar-refractivity contribution in [1.82, 2.24) is 9.55 Å². The first kappa shape index (κ1) is 31.7. The normalized spacial score (nSPS) is 17.7. The van der Waals surface area contributed by atoms with Crippen LogP contribution in [-0.2, 0) is 32.8 Å². The van der Waals surface area contributed by atoms with Crippen molar-refractivity contribution in [2.45, 2.75) is 64.7 Å². The molecule has 0 spiro atoms. The molecule has 1 saturated carbocycles. The van der Waals surface area contributed by atoms with Crippen LogP contribution in [0.1, 0.15) is 68.8 Å². The molecule has 0 amide bonds. The highest BCUT2D eigenvalue weighted by molar-refractivity contribution is 7.85. The van der Waals surface area contributed by atoms with Crippen LogP contribution in [0.2, 0.25) is 0 Å². The highest BCUT2D eigenvalue weighted by Gasteiger charge is 2.31. The van der Waals surface area contributed by atoms with Crippen LogP contribution in [0.15, 0.2) is 46.3 Å². The zero-order chi connectivity index (χ0) is 31.5. The van der Waals surface area contributed by atoms with Gasteiger partial charge in [0.05, 0.1) is 29.8 Å². The molecule has 1 aliphatic rings. The van der Waals surface area contributed by atoms with E-state index in [1.165, 1.54) is 4.57 Å². The van der Waals surface area contributed by atoms with Crippen LogP contribution in [0.3, 0.4) is 0 Å². The van der Waals surface area contributed by atoms with Gasteiger partial charge in [-0.05, 0) is 69.7 Å². The lowest BCUT2D eigenvalue weighted by Gasteiger charge is -2.37. The summed E-state index contributed by atoms with van der Waals surface area (Å²) in [5.74, 6) is 0.0873. The Morgan fingerprint density at radius 1 is 1.09 bits per heavy atom. The number of benzene rings is 1. The number of rotatable bonds is 8. The summed E-state index contributed by atoms with van der Waals surface area (Å²) >= 11 is 0. The van der Waals surface area contributed by atoms with Gasteiger partial charge in [-0.25, -0.2) is 4.98 Å². The summed E-state index contributed by atoms with van der Waals surface area (Å²) in [5.41, 5.74) is 3.17. The second-order valence-electron chi connectivity index (χ2n) is 11.8. The van der Waals surface area contributed by atoms with Crippen molar-refractivity contribution in [2.24, 2.45) is 18.1 Å². The molecule has 0 aliphatic heterocycles. The number of fused-ring (bicyclic) bond motifs is 1. The summed E-state index contributed by atoms with van der Waals surface area (Å²) < 4.78 is 29.1. The Morgan fingerprint density at radius 2 is 1.74 bits per heavy atom. The Hall–Kier alpha value is -4.26. The third kappa shape index (κ3) is 7.39. The summed E-state index contributed by atoms with van der Waals surface area (Å²) in [6, 6.07) is 14.8. The molecular formula is C31H36N6O5S. The van der Waals surface area contributed by atoms with Gasteiger partial charge in [0, 0.05) is 26.1 Å². The van der Waals surface area contributed by atoms with Gasteiger partial charge in [-0.2, -0.15) is 18.9 Å². The van der Waals surface area contributed by atoms with Gasteiger partial charge in [-0.15, -0.1) is 0 Å². The van der Waals surface area contributed by atoms with E-state index < -0.39 is 21.3 Å². The van der Waals surface area contributed by atoms with E-state index in [1.807, 2.05) is 57.0 Å². The van der Waals surface area contributed by atoms with Gasteiger partial charge in [0.1, 0.15) is 34.5 Å². The number of nitrogens with zero attached hydrogens (tertiary/aromatic N) is 6. The van der Waals surface area contributed by atoms with Crippen LogP contribution >= 0.6 is 0 Å². The molecule has 0 unspecified atom stereocenters. The topological polar surface area (TPSA) is 151 Å². The van der Waals surface area contributed by atoms with Gasteiger partial charge >= 0.3 is 0 Å². The van der Waals surface area contributed by atoms with E-state index in [4.69, 9.17) is 9.02 Å². The third-order valence-corrected chi connectivity index (χ3v) is 8.08. The largest absolute Gasteiger partial charge is 0.390 e. The first-order valence-corrected chi connectivity index (χ1v) is 15.8. The third-order valence-electron chi connectivity index (χ3n) is 7.53. The van der Waals surface area contributed by atoms with Crippen molar-refractivity contribution < 1.29 is 17.4 Å². The number of nitriles is 2. The summed E-state index contributed by atoms with van der Waals surface area (Å²) in [6.45, 7) is 5.74. The lowest BCUT2D eigenvalue weighted by molar-refractivity contribution is -0.0000302. The molecule has 0 saturated heterocycles. The molecule has 4 rings (SSSR count). The van der Waals surface area contributed by atoms with Gasteiger partial charge in [-0.3, -0.25) is 8.98 Å². The minimum absolute atomic E-state index is 0.00276. The first-order chi connectivity index (χ1) is 20.2. The number of hydrogen-bond acceptors (Lipinski definition) is 10. The van der Waals surface area contributed by atoms with E-state index in [-0.39, 0.29) is 29.8 Å². The van der Waals surface area contributed by atoms with E-state index in [1.54, 1.807) is 19.2 Å². The molecule has 0 atom stereocenters. The lowest BCUT2D eigenvalue weighted by atomic mass is 9.80. The molecule has 43 heavy (non-hydrogen) atoms. The maximum Gasteiger partial charge on any atom is 0.270 e. The number of aryl methyl sites for hydroxylation is 1. The number of oxime groups is 1. The molecule has 0 radical (unpaired) electrons. The van der Waals surface area contributed by atoms with Crippen LogP contribution in [0.5, 0.6) is 0 Å². The number of pyridine rings is 2. The SMILES string of the molecule is Cn1c(=O)c(C#N)c(N(C)[C@H]2CC[C@@H](/C(=N/OC(C)(C)C)c3ccc(COS(C)(=O)=O)cc3)CC2)c2nc(C#N)ccc21. The van der Waals surface area contributed by atoms with Crippen LogP contribution in [0, 0.1) is 28.6 Å². The van der Waals surface area contributed by atoms with Crippen molar-refractivity contribution >= 4 is 32.6 Å². The minimum atomic E-state index is -3.55. The molecule has 0 N–H and O–H groups in total. The minimum Gasteiger partial charge on any atom is -0.390 e. The fourth-order valence-electron chi connectivity index (χ4n) is 5.31. The smallest absolute Gasteiger partial charge is 0.270 e. The predicted molar refractivity (Wildman–Crippen MR) is 164 cm³/mol. The highest BCUT2D eigenvalue weighted by atomic mass is 32.2. The molecule has 2 aromatic heterocycles. The Labute approximate surface area is 252 Å². The van der Waals surface area contributed by atoms with Crippen molar-refractivity contribution in [2.75, 3.05) is 18.2 Å². The molecule has 226 valence electrons. The summed E-state index contributed by atoms with van der Waals surface area (Å²) in [6.07, 6.45) is 4.10. The molecule has 3 aromatic rings. The van der Waals surface area contributed by atoms with E-state index in [0.717, 1.165) is 48.8 Å². The Kier molecular flexibility index (Phi) is 9.24. The molecule has 11 nitrogen and oxygen atoms in total. The average Bonchev–Trinajstić information content (AvgIpc) is 2.97. The number of anilines is 1. The van der Waals surface area contributed by atoms with Crippen molar-refractivity contribution in [3.8, 4) is 12.1 Å². The molecular weight excluding hydrogens is 568 g/mol. The van der Waals surface area contributed by atoms with Crippen molar-refractivity contribution in [1.29, 1.82) is 10.5 Å². The fraction of sp³-hybridized carbons (Fsp3) is 0.452. The van der Waals surface area contributed by atoms with Gasteiger partial charge < -0.3 is 14.3 Å². The van der Waals surface area contributed by atoms with Crippen LogP contribution < -0.4 is 10.5 Å². The molecule has 1 aromatic carbocycles. The first-order valence-electron chi connectivity index (χ1n) is 14.0. The second kappa shape index (κ2) is 12.5. The van der Waals surface area contributed by atoms with E-state index >= 15 is 0 Å².